The molecule has 2 rings (SSSR count). The van der Waals surface area contributed by atoms with Gasteiger partial charge in [-0.3, -0.25) is 0 Å². The molecule has 5 heteroatoms. The number of hydrogen-bond acceptors (Lipinski definition) is 1. The number of nitrogens with zero attached hydrogens (tertiary/aromatic N) is 1. The van der Waals surface area contributed by atoms with Crippen LogP contribution < -0.4 is 5.32 Å². The highest BCUT2D eigenvalue weighted by molar-refractivity contribution is 9.10. The molecule has 18 heavy (non-hydrogen) atoms. The van der Waals surface area contributed by atoms with Crippen molar-refractivity contribution in [3.63, 3.8) is 0 Å². The molecule has 98 valence electrons. The third-order valence-corrected chi connectivity index (χ3v) is 4.38. The van der Waals surface area contributed by atoms with Crippen LogP contribution in [0, 0.1) is 0 Å². The van der Waals surface area contributed by atoms with Crippen molar-refractivity contribution in [1.29, 1.82) is 0 Å². The molecule has 1 saturated heterocycles. The largest absolute Gasteiger partial charge is 0.346 e. The molecule has 0 amide bonds. The summed E-state index contributed by atoms with van der Waals surface area (Å²) in [5.41, 5.74) is 0.864. The van der Waals surface area contributed by atoms with Gasteiger partial charge in [-0.1, -0.05) is 27.5 Å². The Balaban J connectivity index is 2.06. The van der Waals surface area contributed by atoms with Gasteiger partial charge in [0.1, 0.15) is 0 Å². The van der Waals surface area contributed by atoms with Gasteiger partial charge < -0.3 is 10.2 Å². The number of benzene rings is 1. The maximum atomic E-state index is 6.18. The molecule has 1 aromatic carbocycles. The van der Waals surface area contributed by atoms with Gasteiger partial charge in [-0.2, -0.15) is 0 Å². The summed E-state index contributed by atoms with van der Waals surface area (Å²) in [6.45, 7) is 3.25. The van der Waals surface area contributed by atoms with E-state index in [1.807, 2.05) is 18.2 Å². The summed E-state index contributed by atoms with van der Waals surface area (Å²) in [7, 11) is 0. The van der Waals surface area contributed by atoms with Crippen LogP contribution in [0.1, 0.15) is 26.2 Å². The fourth-order valence-electron chi connectivity index (χ4n) is 2.18. The monoisotopic (exact) mass is 346 g/mol. The Bertz CT molecular complexity index is 453. The van der Waals surface area contributed by atoms with Crippen molar-refractivity contribution in [2.75, 3.05) is 11.9 Å². The molecule has 1 atom stereocenters. The smallest absolute Gasteiger partial charge is 0.173 e. The van der Waals surface area contributed by atoms with Crippen molar-refractivity contribution >= 4 is 50.5 Å². The van der Waals surface area contributed by atoms with E-state index in [9.17, 15) is 0 Å². The number of hydrogen-bond donors (Lipinski definition) is 1. The van der Waals surface area contributed by atoms with E-state index in [2.05, 4.69) is 33.1 Å². The first-order valence-electron chi connectivity index (χ1n) is 6.10. The number of likely N-dealkylation sites (tertiary alicyclic amines) is 1. The summed E-state index contributed by atoms with van der Waals surface area (Å²) in [5.74, 6) is 0. The lowest BCUT2D eigenvalue weighted by Crippen LogP contribution is -2.44. The Kier molecular flexibility index (Phi) is 4.87. The summed E-state index contributed by atoms with van der Waals surface area (Å²) in [6, 6.07) is 6.27. The van der Waals surface area contributed by atoms with Gasteiger partial charge in [-0.25, -0.2) is 0 Å². The Hall–Kier alpha value is -0.320. The summed E-state index contributed by atoms with van der Waals surface area (Å²) < 4.78 is 0.968. The summed E-state index contributed by atoms with van der Waals surface area (Å²) in [4.78, 5) is 2.25. The van der Waals surface area contributed by atoms with Crippen LogP contribution in [0.25, 0.3) is 0 Å². The molecule has 0 saturated carbocycles. The van der Waals surface area contributed by atoms with Crippen LogP contribution in [0.5, 0.6) is 0 Å². The molecule has 1 N–H and O–H groups in total. The van der Waals surface area contributed by atoms with E-state index in [0.29, 0.717) is 11.1 Å². The second kappa shape index (κ2) is 6.22. The molecule has 0 radical (unpaired) electrons. The average Bonchev–Trinajstić information content (AvgIpc) is 2.33. The third kappa shape index (κ3) is 3.37. The van der Waals surface area contributed by atoms with E-state index >= 15 is 0 Å². The zero-order valence-corrected chi connectivity index (χ0v) is 13.4. The van der Waals surface area contributed by atoms with E-state index < -0.39 is 0 Å². The quantitative estimate of drug-likeness (QED) is 0.743. The Morgan fingerprint density at radius 2 is 2.28 bits per heavy atom. The van der Waals surface area contributed by atoms with Gasteiger partial charge >= 0.3 is 0 Å². The fraction of sp³-hybridized carbons (Fsp3) is 0.462. The summed E-state index contributed by atoms with van der Waals surface area (Å²) >= 11 is 15.0. The number of thiocarbonyl (C=S) groups is 1. The lowest BCUT2D eigenvalue weighted by molar-refractivity contribution is 0.262. The van der Waals surface area contributed by atoms with Crippen LogP contribution in [0.3, 0.4) is 0 Å². The Morgan fingerprint density at radius 3 is 2.94 bits per heavy atom. The third-order valence-electron chi connectivity index (χ3n) is 3.24. The minimum Gasteiger partial charge on any atom is -0.346 e. The normalized spacial score (nSPS) is 19.7. The van der Waals surface area contributed by atoms with Gasteiger partial charge in [0.2, 0.25) is 0 Å². The average molecular weight is 348 g/mol. The molecule has 0 aromatic heterocycles. The highest BCUT2D eigenvalue weighted by atomic mass is 79.9. The first-order chi connectivity index (χ1) is 8.58. The van der Waals surface area contributed by atoms with Crippen LogP contribution in [0.2, 0.25) is 5.02 Å². The Labute approximate surface area is 127 Å². The first-order valence-corrected chi connectivity index (χ1v) is 7.68. The molecule has 0 bridgehead atoms. The number of rotatable bonds is 1. The van der Waals surface area contributed by atoms with E-state index in [-0.39, 0.29) is 0 Å². The number of halogens is 2. The van der Waals surface area contributed by atoms with E-state index in [1.165, 1.54) is 19.3 Å². The van der Waals surface area contributed by atoms with Gasteiger partial charge in [-0.15, -0.1) is 0 Å². The molecule has 0 spiro atoms. The van der Waals surface area contributed by atoms with Crippen molar-refractivity contribution in [2.24, 2.45) is 0 Å². The zero-order valence-electron chi connectivity index (χ0n) is 10.2. The number of piperidine rings is 1. The summed E-state index contributed by atoms with van der Waals surface area (Å²) in [6.07, 6.45) is 3.70. The molecule has 1 aromatic rings. The van der Waals surface area contributed by atoms with Crippen molar-refractivity contribution in [3.05, 3.63) is 27.7 Å². The minimum absolute atomic E-state index is 0.507. The maximum absolute atomic E-state index is 6.18. The van der Waals surface area contributed by atoms with E-state index in [1.54, 1.807) is 0 Å². The lowest BCUT2D eigenvalue weighted by atomic mass is 10.0. The van der Waals surface area contributed by atoms with Crippen LogP contribution in [0.15, 0.2) is 22.7 Å². The van der Waals surface area contributed by atoms with E-state index in [0.717, 1.165) is 21.8 Å². The molecular weight excluding hydrogens is 332 g/mol. The van der Waals surface area contributed by atoms with Crippen LogP contribution in [-0.4, -0.2) is 22.6 Å². The Morgan fingerprint density at radius 1 is 1.50 bits per heavy atom. The highest BCUT2D eigenvalue weighted by Crippen LogP contribution is 2.26. The SMILES string of the molecule is CC1CCCCN1C(=S)Nc1ccc(Br)cc1Cl. The highest BCUT2D eigenvalue weighted by Gasteiger charge is 2.20. The van der Waals surface area contributed by atoms with Crippen LogP contribution in [-0.2, 0) is 0 Å². The van der Waals surface area contributed by atoms with Crippen molar-refractivity contribution in [3.8, 4) is 0 Å². The van der Waals surface area contributed by atoms with Crippen molar-refractivity contribution in [2.45, 2.75) is 32.2 Å². The predicted octanol–water partition coefficient (Wildman–Crippen LogP) is 4.67. The second-order valence-electron chi connectivity index (χ2n) is 4.59. The van der Waals surface area contributed by atoms with Crippen molar-refractivity contribution < 1.29 is 0 Å². The predicted molar refractivity (Wildman–Crippen MR) is 85.4 cm³/mol. The van der Waals surface area contributed by atoms with Gasteiger partial charge in [-0.05, 0) is 56.6 Å². The minimum atomic E-state index is 0.507. The molecule has 1 fully saturated rings. The molecule has 1 unspecified atom stereocenters. The van der Waals surface area contributed by atoms with Gasteiger partial charge in [0.05, 0.1) is 10.7 Å². The molecule has 2 nitrogen and oxygen atoms in total. The number of anilines is 1. The topological polar surface area (TPSA) is 15.3 Å². The maximum Gasteiger partial charge on any atom is 0.173 e. The van der Waals surface area contributed by atoms with E-state index in [4.69, 9.17) is 23.8 Å². The van der Waals surface area contributed by atoms with Gasteiger partial charge in [0.25, 0.3) is 0 Å². The molecule has 0 aliphatic carbocycles. The molecular formula is C13H16BrClN2S. The molecule has 1 aliphatic rings. The fourth-order valence-corrected chi connectivity index (χ4v) is 3.28. The first kappa shape index (κ1) is 14.1. The number of nitrogens with one attached hydrogen (secondary N) is 1. The zero-order chi connectivity index (χ0) is 13.1. The van der Waals surface area contributed by atoms with Gasteiger partial charge in [0.15, 0.2) is 5.11 Å². The summed E-state index contributed by atoms with van der Waals surface area (Å²) in [5, 5.41) is 4.69. The second-order valence-corrected chi connectivity index (χ2v) is 6.30. The van der Waals surface area contributed by atoms with Gasteiger partial charge in [0, 0.05) is 17.1 Å². The van der Waals surface area contributed by atoms with Crippen LogP contribution >= 0.6 is 39.7 Å². The lowest BCUT2D eigenvalue weighted by Gasteiger charge is -2.35. The van der Waals surface area contributed by atoms with Crippen molar-refractivity contribution in [1.82, 2.24) is 4.90 Å². The standard InChI is InChI=1S/C13H16BrClN2S/c1-9-4-2-3-7-17(9)13(18)16-12-6-5-10(14)8-11(12)15/h5-6,8-9H,2-4,7H2,1H3,(H,16,18). The van der Waals surface area contributed by atoms with Crippen LogP contribution in [0.4, 0.5) is 5.69 Å². The molecule has 1 heterocycles. The molecule has 1 aliphatic heterocycles.